The number of amides is 2. The molecule has 1 fully saturated rings. The summed E-state index contributed by atoms with van der Waals surface area (Å²) in [7, 11) is 0. The van der Waals surface area contributed by atoms with Gasteiger partial charge in [0.1, 0.15) is 5.60 Å². The second-order valence-corrected chi connectivity index (χ2v) is 7.86. The summed E-state index contributed by atoms with van der Waals surface area (Å²) in [6.07, 6.45) is 1.13. The maximum atomic E-state index is 12.5. The van der Waals surface area contributed by atoms with Crippen molar-refractivity contribution >= 4 is 23.7 Å². The van der Waals surface area contributed by atoms with Crippen LogP contribution >= 0.6 is 0 Å². The highest BCUT2D eigenvalue weighted by Gasteiger charge is 2.39. The molecule has 1 aromatic rings. The predicted octanol–water partition coefficient (Wildman–Crippen LogP) is 1.46. The smallest absolute Gasteiger partial charge is 0.410 e. The molecule has 1 saturated heterocycles. The second-order valence-electron chi connectivity index (χ2n) is 7.86. The number of anilines is 1. The minimum atomic E-state index is -0.981. The van der Waals surface area contributed by atoms with Crippen LogP contribution in [-0.2, 0) is 27.4 Å². The Hall–Kier alpha value is -2.58. The molecule has 9 nitrogen and oxygen atoms in total. The molecule has 9 heteroatoms. The van der Waals surface area contributed by atoms with Crippen LogP contribution in [0.5, 0.6) is 0 Å². The van der Waals surface area contributed by atoms with E-state index >= 15 is 0 Å². The first-order chi connectivity index (χ1) is 12.1. The predicted molar refractivity (Wildman–Crippen MR) is 91.6 cm³/mol. The maximum absolute atomic E-state index is 12.5. The summed E-state index contributed by atoms with van der Waals surface area (Å²) in [6.45, 7) is 8.20. The van der Waals surface area contributed by atoms with Gasteiger partial charge in [-0.2, -0.15) is 5.10 Å². The van der Waals surface area contributed by atoms with Gasteiger partial charge in [-0.15, -0.1) is 0 Å². The van der Waals surface area contributed by atoms with E-state index in [1.165, 1.54) is 4.90 Å². The number of carboxylic acid groups (broad SMARTS) is 1. The third kappa shape index (κ3) is 3.38. The topological polar surface area (TPSA) is 105 Å². The molecule has 142 valence electrons. The van der Waals surface area contributed by atoms with Gasteiger partial charge < -0.3 is 14.7 Å². The van der Waals surface area contributed by atoms with Gasteiger partial charge in [0.05, 0.1) is 42.6 Å². The van der Waals surface area contributed by atoms with Gasteiger partial charge in [0, 0.05) is 13.0 Å². The number of hydrogen-bond acceptors (Lipinski definition) is 5. The van der Waals surface area contributed by atoms with Crippen LogP contribution in [-0.4, -0.2) is 55.9 Å². The molecule has 26 heavy (non-hydrogen) atoms. The van der Waals surface area contributed by atoms with Crippen molar-refractivity contribution in [1.29, 1.82) is 0 Å². The summed E-state index contributed by atoms with van der Waals surface area (Å²) < 4.78 is 7.24. The molecule has 0 aromatic carbocycles. The molecule has 2 aliphatic rings. The minimum absolute atomic E-state index is 0.0217. The van der Waals surface area contributed by atoms with Crippen molar-refractivity contribution in [1.82, 2.24) is 14.7 Å². The molecule has 3 heterocycles. The summed E-state index contributed by atoms with van der Waals surface area (Å²) in [5.41, 5.74) is 0.685. The number of rotatable bonds is 2. The maximum Gasteiger partial charge on any atom is 0.410 e. The minimum Gasteiger partial charge on any atom is -0.481 e. The fraction of sp³-hybridized carbons (Fsp3) is 0.647. The first kappa shape index (κ1) is 18.2. The third-order valence-corrected chi connectivity index (χ3v) is 4.61. The molecule has 2 atom stereocenters. The number of nitrogens with zero attached hydrogens (tertiary/aromatic N) is 4. The van der Waals surface area contributed by atoms with Crippen LogP contribution in [0.15, 0.2) is 6.20 Å². The quantitative estimate of drug-likeness (QED) is 0.852. The fourth-order valence-electron chi connectivity index (χ4n) is 3.28. The van der Waals surface area contributed by atoms with Crippen LogP contribution in [0.3, 0.4) is 0 Å². The highest BCUT2D eigenvalue weighted by atomic mass is 16.6. The lowest BCUT2D eigenvalue weighted by atomic mass is 10.1. The third-order valence-electron chi connectivity index (χ3n) is 4.61. The molecule has 0 unspecified atom stereocenters. The van der Waals surface area contributed by atoms with E-state index in [0.29, 0.717) is 17.9 Å². The Morgan fingerprint density at radius 2 is 2.00 bits per heavy atom. The summed E-state index contributed by atoms with van der Waals surface area (Å²) in [4.78, 5) is 39.0. The second kappa shape index (κ2) is 6.30. The van der Waals surface area contributed by atoms with Crippen molar-refractivity contribution in [2.45, 2.75) is 58.8 Å². The van der Waals surface area contributed by atoms with Gasteiger partial charge in [-0.05, 0) is 27.7 Å². The Labute approximate surface area is 151 Å². The number of fused-ring (bicyclic) bond motifs is 1. The van der Waals surface area contributed by atoms with Crippen LogP contribution in [0, 0.1) is 5.92 Å². The normalized spacial score (nSPS) is 23.2. The zero-order valence-corrected chi connectivity index (χ0v) is 15.4. The molecular weight excluding hydrogens is 340 g/mol. The fourth-order valence-corrected chi connectivity index (χ4v) is 3.28. The number of carboxylic acids is 1. The first-order valence-electron chi connectivity index (χ1n) is 8.64. The summed E-state index contributed by atoms with van der Waals surface area (Å²) >= 11 is 0. The molecular formula is C17H24N4O5. The van der Waals surface area contributed by atoms with Gasteiger partial charge in [0.15, 0.2) is 0 Å². The average molecular weight is 364 g/mol. The zero-order valence-electron chi connectivity index (χ0n) is 15.4. The molecule has 2 amide bonds. The number of ether oxygens (including phenoxy) is 1. The number of aromatic nitrogens is 2. The van der Waals surface area contributed by atoms with Crippen molar-refractivity contribution < 1.29 is 24.2 Å². The summed E-state index contributed by atoms with van der Waals surface area (Å²) in [6, 6.07) is -0.105. The summed E-state index contributed by atoms with van der Waals surface area (Å²) in [5.74, 6) is -1.94. The first-order valence-corrected chi connectivity index (χ1v) is 8.64. The Bertz CT molecular complexity index is 751. The number of carbonyl (C=O) groups is 3. The van der Waals surface area contributed by atoms with E-state index in [9.17, 15) is 19.5 Å². The molecule has 0 radical (unpaired) electrons. The van der Waals surface area contributed by atoms with E-state index in [1.807, 2.05) is 27.7 Å². The molecule has 0 saturated carbocycles. The van der Waals surface area contributed by atoms with Crippen LogP contribution in [0.25, 0.3) is 0 Å². The highest BCUT2D eigenvalue weighted by Crippen LogP contribution is 2.32. The van der Waals surface area contributed by atoms with E-state index in [4.69, 9.17) is 4.74 Å². The van der Waals surface area contributed by atoms with Gasteiger partial charge in [0.2, 0.25) is 5.91 Å². The van der Waals surface area contributed by atoms with E-state index in [0.717, 1.165) is 0 Å². The van der Waals surface area contributed by atoms with Crippen molar-refractivity contribution in [3.05, 3.63) is 11.9 Å². The van der Waals surface area contributed by atoms with Gasteiger partial charge in [0.25, 0.3) is 0 Å². The Morgan fingerprint density at radius 3 is 2.58 bits per heavy atom. The molecule has 2 aliphatic heterocycles. The SMILES string of the molecule is C[C@H]1Cn2ncc(N3C[C@@H](C(=O)O)CC3=O)c2CN1C(=O)OC(C)(C)C. The standard InChI is InChI=1S/C17H24N4O5/c1-10-7-21-13(9-19(10)16(25)26-17(2,3)4)12(6-18-21)20-8-11(15(23)24)5-14(20)22/h6,10-11H,5,7-9H2,1-4H3,(H,23,24)/t10-,11-/m0/s1. The lowest BCUT2D eigenvalue weighted by molar-refractivity contribution is -0.141. The Kier molecular flexibility index (Phi) is 4.41. The largest absolute Gasteiger partial charge is 0.481 e. The molecule has 0 spiro atoms. The number of hydrogen-bond donors (Lipinski definition) is 1. The van der Waals surface area contributed by atoms with Crippen molar-refractivity contribution in [2.24, 2.45) is 5.92 Å². The van der Waals surface area contributed by atoms with Crippen molar-refractivity contribution in [2.75, 3.05) is 11.4 Å². The molecule has 1 N–H and O–H groups in total. The number of carbonyl (C=O) groups excluding carboxylic acids is 2. The van der Waals surface area contributed by atoms with Crippen LogP contribution in [0.4, 0.5) is 10.5 Å². The Balaban J connectivity index is 1.84. The molecule has 0 aliphatic carbocycles. The van der Waals surface area contributed by atoms with E-state index < -0.39 is 23.6 Å². The van der Waals surface area contributed by atoms with Crippen molar-refractivity contribution in [3.63, 3.8) is 0 Å². The van der Waals surface area contributed by atoms with E-state index in [1.54, 1.807) is 15.8 Å². The lowest BCUT2D eigenvalue weighted by Gasteiger charge is -2.36. The van der Waals surface area contributed by atoms with Crippen LogP contribution in [0.1, 0.15) is 39.8 Å². The molecule has 0 bridgehead atoms. The van der Waals surface area contributed by atoms with Gasteiger partial charge in [-0.3, -0.25) is 19.2 Å². The van der Waals surface area contributed by atoms with Gasteiger partial charge in [-0.1, -0.05) is 0 Å². The van der Waals surface area contributed by atoms with Gasteiger partial charge in [-0.25, -0.2) is 4.79 Å². The van der Waals surface area contributed by atoms with Gasteiger partial charge >= 0.3 is 12.1 Å². The molecule has 3 rings (SSSR count). The zero-order chi connectivity index (χ0) is 19.2. The number of aliphatic carboxylic acids is 1. The van der Waals surface area contributed by atoms with E-state index in [2.05, 4.69) is 5.10 Å². The average Bonchev–Trinajstić information content (AvgIpc) is 3.07. The Morgan fingerprint density at radius 1 is 1.31 bits per heavy atom. The van der Waals surface area contributed by atoms with Crippen LogP contribution < -0.4 is 4.90 Å². The van der Waals surface area contributed by atoms with Crippen molar-refractivity contribution in [3.8, 4) is 0 Å². The van der Waals surface area contributed by atoms with E-state index in [-0.39, 0.29) is 31.5 Å². The monoisotopic (exact) mass is 364 g/mol. The lowest BCUT2D eigenvalue weighted by Crippen LogP contribution is -2.47. The van der Waals surface area contributed by atoms with Crippen LogP contribution in [0.2, 0.25) is 0 Å². The summed E-state index contributed by atoms with van der Waals surface area (Å²) in [5, 5.41) is 13.5. The molecule has 1 aromatic heterocycles. The highest BCUT2D eigenvalue weighted by molar-refractivity contribution is 5.99.